The molecule has 0 radical (unpaired) electrons. The number of nitrogens with zero attached hydrogens (tertiary/aromatic N) is 2. The zero-order valence-electron chi connectivity index (χ0n) is 17.5. The van der Waals surface area contributed by atoms with Gasteiger partial charge in [-0.2, -0.15) is 0 Å². The van der Waals surface area contributed by atoms with E-state index in [9.17, 15) is 19.7 Å². The molecule has 0 spiro atoms. The van der Waals surface area contributed by atoms with E-state index < -0.39 is 16.9 Å². The first-order valence-electron chi connectivity index (χ1n) is 9.51. The van der Waals surface area contributed by atoms with Gasteiger partial charge in [0.2, 0.25) is 11.7 Å². The molecule has 0 saturated carbocycles. The van der Waals surface area contributed by atoms with E-state index in [0.717, 1.165) is 5.56 Å². The van der Waals surface area contributed by atoms with E-state index >= 15 is 0 Å². The monoisotopic (exact) mass is 449 g/mol. The number of nitrogens with one attached hydrogen (secondary N) is 1. The molecule has 2 aromatic carbocycles. The second kappa shape index (κ2) is 11.2. The molecule has 0 bridgehead atoms. The van der Waals surface area contributed by atoms with Gasteiger partial charge in [0.25, 0.3) is 5.91 Å². The summed E-state index contributed by atoms with van der Waals surface area (Å²) >= 11 is 5.93. The van der Waals surface area contributed by atoms with Crippen LogP contribution >= 0.6 is 11.6 Å². The molecule has 0 unspecified atom stereocenters. The van der Waals surface area contributed by atoms with Gasteiger partial charge in [0, 0.05) is 30.7 Å². The van der Waals surface area contributed by atoms with Crippen molar-refractivity contribution in [3.05, 3.63) is 63.2 Å². The first kappa shape index (κ1) is 23.9. The predicted octanol–water partition coefficient (Wildman–Crippen LogP) is 3.19. The molecule has 0 aliphatic rings. The minimum atomic E-state index is -0.692. The number of amides is 2. The average Bonchev–Trinajstić information content (AvgIpc) is 2.77. The number of halogens is 1. The number of nitro groups is 1. The van der Waals surface area contributed by atoms with Crippen molar-refractivity contribution < 1.29 is 24.0 Å². The molecule has 166 valence electrons. The Labute approximate surface area is 185 Å². The Kier molecular flexibility index (Phi) is 8.63. The molecule has 1 atom stereocenters. The van der Waals surface area contributed by atoms with Crippen molar-refractivity contribution in [1.29, 1.82) is 0 Å². The highest BCUT2D eigenvalue weighted by molar-refractivity contribution is 6.30. The van der Waals surface area contributed by atoms with Crippen molar-refractivity contribution in [2.45, 2.75) is 25.9 Å². The van der Waals surface area contributed by atoms with Gasteiger partial charge in [0.1, 0.15) is 11.8 Å². The fourth-order valence-electron chi connectivity index (χ4n) is 3.00. The maximum Gasteiger partial charge on any atom is 0.311 e. The van der Waals surface area contributed by atoms with Crippen LogP contribution in [0.15, 0.2) is 42.5 Å². The van der Waals surface area contributed by atoms with Crippen molar-refractivity contribution in [3.63, 3.8) is 0 Å². The first-order chi connectivity index (χ1) is 14.8. The molecular formula is C21H24ClN3O6. The Morgan fingerprint density at radius 3 is 2.45 bits per heavy atom. The smallest absolute Gasteiger partial charge is 0.311 e. The number of rotatable bonds is 10. The lowest BCUT2D eigenvalue weighted by Crippen LogP contribution is -2.49. The van der Waals surface area contributed by atoms with Crippen molar-refractivity contribution in [2.24, 2.45) is 0 Å². The molecule has 0 saturated heterocycles. The molecule has 0 aliphatic carbocycles. The molecule has 0 heterocycles. The highest BCUT2D eigenvalue weighted by atomic mass is 35.5. The molecule has 2 rings (SSSR count). The average molecular weight is 450 g/mol. The number of benzene rings is 2. The highest BCUT2D eigenvalue weighted by Gasteiger charge is 2.28. The Hall–Kier alpha value is -3.33. The Morgan fingerprint density at radius 2 is 1.90 bits per heavy atom. The van der Waals surface area contributed by atoms with Gasteiger partial charge in [-0.05, 0) is 30.2 Å². The third-order valence-corrected chi connectivity index (χ3v) is 4.86. The van der Waals surface area contributed by atoms with Crippen molar-refractivity contribution in [2.75, 3.05) is 20.8 Å². The third-order valence-electron chi connectivity index (χ3n) is 4.61. The van der Waals surface area contributed by atoms with Gasteiger partial charge in [-0.1, -0.05) is 30.7 Å². The summed E-state index contributed by atoms with van der Waals surface area (Å²) in [4.78, 5) is 37.2. The summed E-state index contributed by atoms with van der Waals surface area (Å²) in [7, 11) is 2.82. The maximum atomic E-state index is 13.0. The van der Waals surface area contributed by atoms with Crippen molar-refractivity contribution in [3.8, 4) is 11.5 Å². The highest BCUT2D eigenvalue weighted by Crippen LogP contribution is 2.30. The van der Waals surface area contributed by atoms with Gasteiger partial charge in [0.15, 0.2) is 6.61 Å². The molecule has 10 heteroatoms. The van der Waals surface area contributed by atoms with E-state index in [1.165, 1.54) is 37.3 Å². The molecule has 1 N–H and O–H groups in total. The number of methoxy groups -OCH3 is 1. The van der Waals surface area contributed by atoms with Crippen LogP contribution in [0.3, 0.4) is 0 Å². The molecule has 31 heavy (non-hydrogen) atoms. The van der Waals surface area contributed by atoms with E-state index in [2.05, 4.69) is 5.32 Å². The second-order valence-electron chi connectivity index (χ2n) is 6.57. The van der Waals surface area contributed by atoms with E-state index in [-0.39, 0.29) is 36.2 Å². The van der Waals surface area contributed by atoms with Gasteiger partial charge >= 0.3 is 5.69 Å². The van der Waals surface area contributed by atoms with Gasteiger partial charge in [-0.3, -0.25) is 19.7 Å². The number of nitro benzene ring substituents is 1. The van der Waals surface area contributed by atoms with Crippen LogP contribution in [0, 0.1) is 10.1 Å². The fourth-order valence-corrected chi connectivity index (χ4v) is 3.13. The number of carbonyl (C=O) groups is 2. The first-order valence-corrected chi connectivity index (χ1v) is 9.89. The SMILES string of the molecule is CC[C@@H](C(=O)NC)N(Cc1ccc(Cl)cc1)C(=O)COc1ccc([N+](=O)[O-])c(OC)c1. The Bertz CT molecular complexity index is 935. The topological polar surface area (TPSA) is 111 Å². The number of hydrogen-bond donors (Lipinski definition) is 1. The van der Waals surface area contributed by atoms with Gasteiger partial charge < -0.3 is 19.7 Å². The summed E-state index contributed by atoms with van der Waals surface area (Å²) in [5.41, 5.74) is 0.591. The van der Waals surface area contributed by atoms with Gasteiger partial charge in [-0.25, -0.2) is 0 Å². The zero-order chi connectivity index (χ0) is 23.0. The van der Waals surface area contributed by atoms with Crippen LogP contribution in [0.25, 0.3) is 0 Å². The Morgan fingerprint density at radius 1 is 1.23 bits per heavy atom. The summed E-state index contributed by atoms with van der Waals surface area (Å²) < 4.78 is 10.6. The van der Waals surface area contributed by atoms with E-state index in [4.69, 9.17) is 21.1 Å². The van der Waals surface area contributed by atoms with Gasteiger partial charge in [-0.15, -0.1) is 0 Å². The van der Waals surface area contributed by atoms with Gasteiger partial charge in [0.05, 0.1) is 12.0 Å². The lowest BCUT2D eigenvalue weighted by atomic mass is 10.1. The normalized spacial score (nSPS) is 11.4. The number of hydrogen-bond acceptors (Lipinski definition) is 6. The van der Waals surface area contributed by atoms with Crippen molar-refractivity contribution in [1.82, 2.24) is 10.2 Å². The standard InChI is InChI=1S/C21H24ClN3O6/c1-4-17(21(27)23-2)24(12-14-5-7-15(22)8-6-14)20(26)13-31-16-9-10-18(25(28)29)19(11-16)30-3/h5-11,17H,4,12-13H2,1-3H3,(H,23,27)/t17-/m0/s1. The van der Waals surface area contributed by atoms with E-state index in [1.54, 1.807) is 24.3 Å². The zero-order valence-corrected chi connectivity index (χ0v) is 18.2. The van der Waals surface area contributed by atoms with Crippen molar-refractivity contribution >= 4 is 29.1 Å². The summed E-state index contributed by atoms with van der Waals surface area (Å²) in [5.74, 6) is -0.454. The van der Waals surface area contributed by atoms with Crippen LogP contribution in [0.1, 0.15) is 18.9 Å². The quantitative estimate of drug-likeness (QED) is 0.440. The molecular weight excluding hydrogens is 426 g/mol. The second-order valence-corrected chi connectivity index (χ2v) is 7.00. The van der Waals surface area contributed by atoms with Crippen LogP contribution in [0.5, 0.6) is 11.5 Å². The molecule has 0 fully saturated rings. The van der Waals surface area contributed by atoms with Crippen LogP contribution in [0.4, 0.5) is 5.69 Å². The summed E-state index contributed by atoms with van der Waals surface area (Å²) in [5, 5.41) is 14.2. The largest absolute Gasteiger partial charge is 0.490 e. The molecule has 2 aromatic rings. The lowest BCUT2D eigenvalue weighted by Gasteiger charge is -2.30. The van der Waals surface area contributed by atoms with Crippen LogP contribution in [-0.2, 0) is 16.1 Å². The lowest BCUT2D eigenvalue weighted by molar-refractivity contribution is -0.385. The summed E-state index contributed by atoms with van der Waals surface area (Å²) in [6, 6.07) is 10.2. The van der Waals surface area contributed by atoms with E-state index in [0.29, 0.717) is 11.4 Å². The van der Waals surface area contributed by atoms with E-state index in [1.807, 2.05) is 6.92 Å². The number of ether oxygens (including phenoxy) is 2. The summed E-state index contributed by atoms with van der Waals surface area (Å²) in [6.07, 6.45) is 0.407. The van der Waals surface area contributed by atoms with Crippen LogP contribution in [-0.4, -0.2) is 48.4 Å². The molecule has 9 nitrogen and oxygen atoms in total. The number of carbonyl (C=O) groups excluding carboxylic acids is 2. The maximum absolute atomic E-state index is 13.0. The van der Waals surface area contributed by atoms with Crippen LogP contribution < -0.4 is 14.8 Å². The Balaban J connectivity index is 2.21. The third kappa shape index (κ3) is 6.32. The minimum Gasteiger partial charge on any atom is -0.490 e. The minimum absolute atomic E-state index is 0.0183. The molecule has 2 amide bonds. The fraction of sp³-hybridized carbons (Fsp3) is 0.333. The van der Waals surface area contributed by atoms with Crippen LogP contribution in [0.2, 0.25) is 5.02 Å². The summed E-state index contributed by atoms with van der Waals surface area (Å²) in [6.45, 7) is 1.64. The molecule has 0 aromatic heterocycles. The molecule has 0 aliphatic heterocycles. The number of likely N-dealkylation sites (N-methyl/N-ethyl adjacent to an activating group) is 1. The predicted molar refractivity (Wildman–Crippen MR) is 115 cm³/mol.